The van der Waals surface area contributed by atoms with Gasteiger partial charge in [0.2, 0.25) is 15.9 Å². The van der Waals surface area contributed by atoms with Gasteiger partial charge in [-0.1, -0.05) is 18.2 Å². The van der Waals surface area contributed by atoms with Gasteiger partial charge >= 0.3 is 0 Å². The Hall–Kier alpha value is -1.40. The maximum Gasteiger partial charge on any atom is 0.243 e. The molecule has 5 nitrogen and oxygen atoms in total. The molecule has 0 bridgehead atoms. The normalized spacial score (nSPS) is 24.3. The molecule has 0 unspecified atom stereocenters. The van der Waals surface area contributed by atoms with E-state index >= 15 is 0 Å². The van der Waals surface area contributed by atoms with Crippen molar-refractivity contribution in [2.75, 3.05) is 6.54 Å². The number of hydrogen-bond donors (Lipinski definition) is 1. The highest BCUT2D eigenvalue weighted by atomic mass is 32.2. The second-order valence-corrected chi connectivity index (χ2v) is 6.76. The van der Waals surface area contributed by atoms with Crippen LogP contribution in [-0.2, 0) is 14.8 Å². The zero-order valence-corrected chi connectivity index (χ0v) is 11.9. The molecule has 1 N–H and O–H groups in total. The fourth-order valence-corrected chi connectivity index (χ4v) is 4.16. The highest BCUT2D eigenvalue weighted by Gasteiger charge is 2.37. The fourth-order valence-electron chi connectivity index (χ4n) is 2.46. The molecule has 1 saturated heterocycles. The van der Waals surface area contributed by atoms with E-state index in [0.29, 0.717) is 17.9 Å². The van der Waals surface area contributed by atoms with E-state index in [2.05, 4.69) is 5.32 Å². The first-order valence-corrected chi connectivity index (χ1v) is 7.69. The highest BCUT2D eigenvalue weighted by Crippen LogP contribution is 2.25. The molecule has 0 aliphatic carbocycles. The summed E-state index contributed by atoms with van der Waals surface area (Å²) in [7, 11) is -3.47. The summed E-state index contributed by atoms with van der Waals surface area (Å²) in [6.07, 6.45) is 0.644. The Morgan fingerprint density at radius 2 is 1.95 bits per heavy atom. The van der Waals surface area contributed by atoms with Gasteiger partial charge in [0.25, 0.3) is 0 Å². The molecule has 19 heavy (non-hydrogen) atoms. The van der Waals surface area contributed by atoms with Crippen molar-refractivity contribution in [1.29, 1.82) is 0 Å². The van der Waals surface area contributed by atoms with E-state index in [4.69, 9.17) is 0 Å². The molecule has 2 atom stereocenters. The molecule has 1 aliphatic heterocycles. The van der Waals surface area contributed by atoms with E-state index in [1.54, 1.807) is 30.3 Å². The summed E-state index contributed by atoms with van der Waals surface area (Å²) >= 11 is 0. The van der Waals surface area contributed by atoms with Crippen LogP contribution in [0.5, 0.6) is 0 Å². The number of benzene rings is 1. The van der Waals surface area contributed by atoms with E-state index < -0.39 is 10.0 Å². The number of carbonyl (C=O) groups is 1. The second-order valence-electron chi connectivity index (χ2n) is 4.87. The summed E-state index contributed by atoms with van der Waals surface area (Å²) in [5.74, 6) is -0.129. The lowest BCUT2D eigenvalue weighted by atomic mass is 10.2. The number of rotatable bonds is 3. The highest BCUT2D eigenvalue weighted by molar-refractivity contribution is 7.89. The number of nitrogens with one attached hydrogen (secondary N) is 1. The minimum Gasteiger partial charge on any atom is -0.352 e. The first-order chi connectivity index (χ1) is 8.91. The third-order valence-electron chi connectivity index (χ3n) is 3.27. The van der Waals surface area contributed by atoms with Crippen LogP contribution in [0, 0.1) is 0 Å². The molecule has 1 aromatic carbocycles. The first kappa shape index (κ1) is 14.0. The van der Waals surface area contributed by atoms with Gasteiger partial charge in [0.15, 0.2) is 0 Å². The lowest BCUT2D eigenvalue weighted by Gasteiger charge is -2.20. The van der Waals surface area contributed by atoms with Gasteiger partial charge in [-0.15, -0.1) is 0 Å². The number of nitrogens with zero attached hydrogens (tertiary/aromatic N) is 1. The molecule has 0 spiro atoms. The monoisotopic (exact) mass is 282 g/mol. The maximum absolute atomic E-state index is 12.5. The van der Waals surface area contributed by atoms with Crippen LogP contribution in [0.1, 0.15) is 20.3 Å². The summed E-state index contributed by atoms with van der Waals surface area (Å²) in [6.45, 7) is 3.64. The van der Waals surface area contributed by atoms with Gasteiger partial charge in [-0.2, -0.15) is 4.31 Å². The second kappa shape index (κ2) is 5.30. The first-order valence-electron chi connectivity index (χ1n) is 6.25. The van der Waals surface area contributed by atoms with Crippen LogP contribution in [-0.4, -0.2) is 37.3 Å². The zero-order chi connectivity index (χ0) is 14.0. The van der Waals surface area contributed by atoms with Gasteiger partial charge in [0.1, 0.15) is 0 Å². The van der Waals surface area contributed by atoms with Crippen molar-refractivity contribution in [2.45, 2.75) is 37.2 Å². The van der Waals surface area contributed by atoms with Crippen molar-refractivity contribution in [3.05, 3.63) is 30.3 Å². The van der Waals surface area contributed by atoms with Gasteiger partial charge < -0.3 is 5.32 Å². The van der Waals surface area contributed by atoms with Crippen molar-refractivity contribution >= 4 is 15.9 Å². The van der Waals surface area contributed by atoms with Gasteiger partial charge in [0.05, 0.1) is 4.90 Å². The van der Waals surface area contributed by atoms with Crippen LogP contribution >= 0.6 is 0 Å². The van der Waals surface area contributed by atoms with E-state index in [1.165, 1.54) is 11.2 Å². The number of hydrogen-bond acceptors (Lipinski definition) is 3. The van der Waals surface area contributed by atoms with Crippen molar-refractivity contribution < 1.29 is 13.2 Å². The topological polar surface area (TPSA) is 66.5 Å². The minimum atomic E-state index is -3.47. The Kier molecular flexibility index (Phi) is 3.91. The summed E-state index contributed by atoms with van der Waals surface area (Å²) in [4.78, 5) is 11.4. The van der Waals surface area contributed by atoms with E-state index in [-0.39, 0.29) is 18.0 Å². The van der Waals surface area contributed by atoms with Crippen molar-refractivity contribution in [2.24, 2.45) is 0 Å². The van der Waals surface area contributed by atoms with Crippen LogP contribution in [0.25, 0.3) is 0 Å². The van der Waals surface area contributed by atoms with Crippen LogP contribution in [0.3, 0.4) is 0 Å². The Labute approximate surface area is 113 Å². The summed E-state index contributed by atoms with van der Waals surface area (Å²) in [5, 5.41) is 2.78. The molecular formula is C13H18N2O3S. The molecule has 6 heteroatoms. The average Bonchev–Trinajstić information content (AvgIpc) is 2.71. The molecule has 2 rings (SSSR count). The molecule has 1 heterocycles. The van der Waals surface area contributed by atoms with E-state index in [0.717, 1.165) is 0 Å². The predicted octanol–water partition coefficient (Wildman–Crippen LogP) is 0.974. The molecule has 0 radical (unpaired) electrons. The summed E-state index contributed by atoms with van der Waals surface area (Å²) in [5.41, 5.74) is 0. The van der Waals surface area contributed by atoms with Crippen molar-refractivity contribution in [3.63, 3.8) is 0 Å². The van der Waals surface area contributed by atoms with Crippen molar-refractivity contribution in [3.8, 4) is 0 Å². The number of sulfonamides is 1. The Balaban J connectivity index is 2.20. The van der Waals surface area contributed by atoms with Gasteiger partial charge in [-0.3, -0.25) is 4.79 Å². The van der Waals surface area contributed by atoms with Crippen LogP contribution in [0.15, 0.2) is 35.2 Å². The quantitative estimate of drug-likeness (QED) is 0.898. The van der Waals surface area contributed by atoms with Crippen LogP contribution in [0.4, 0.5) is 0 Å². The number of amides is 1. The van der Waals surface area contributed by atoms with Crippen molar-refractivity contribution in [1.82, 2.24) is 9.62 Å². The lowest BCUT2D eigenvalue weighted by molar-refractivity contribution is -0.119. The smallest absolute Gasteiger partial charge is 0.243 e. The summed E-state index contributed by atoms with van der Waals surface area (Å²) < 4.78 is 26.4. The lowest BCUT2D eigenvalue weighted by Crippen LogP contribution is -2.38. The SMILES string of the molecule is CC(=O)N[C@H]1C[C@@H](C)N(S(=O)(=O)c2ccccc2)C1. The Morgan fingerprint density at radius 1 is 1.32 bits per heavy atom. The Bertz CT molecular complexity index is 557. The number of carbonyl (C=O) groups excluding carboxylic acids is 1. The summed E-state index contributed by atoms with van der Waals surface area (Å²) in [6, 6.07) is 8.17. The maximum atomic E-state index is 12.5. The Morgan fingerprint density at radius 3 is 2.53 bits per heavy atom. The standard InChI is InChI=1S/C13H18N2O3S/c1-10-8-12(14-11(2)16)9-15(10)19(17,18)13-6-4-3-5-7-13/h3-7,10,12H,8-9H2,1-2H3,(H,14,16)/t10-,12+/m1/s1. The molecule has 104 valence electrons. The molecule has 1 amide bonds. The van der Waals surface area contributed by atoms with Gasteiger partial charge in [-0.25, -0.2) is 8.42 Å². The average molecular weight is 282 g/mol. The molecule has 1 aliphatic rings. The van der Waals surface area contributed by atoms with E-state index in [1.807, 2.05) is 6.92 Å². The molecule has 0 aromatic heterocycles. The molecule has 0 saturated carbocycles. The largest absolute Gasteiger partial charge is 0.352 e. The van der Waals surface area contributed by atoms with E-state index in [9.17, 15) is 13.2 Å². The van der Waals surface area contributed by atoms with Gasteiger partial charge in [0, 0.05) is 25.6 Å². The predicted molar refractivity (Wildman–Crippen MR) is 72.0 cm³/mol. The van der Waals surface area contributed by atoms with Crippen LogP contribution in [0.2, 0.25) is 0 Å². The van der Waals surface area contributed by atoms with Gasteiger partial charge in [-0.05, 0) is 25.5 Å². The molecule has 1 aromatic rings. The third-order valence-corrected chi connectivity index (χ3v) is 5.27. The third kappa shape index (κ3) is 2.96. The fraction of sp³-hybridized carbons (Fsp3) is 0.462. The molecule has 1 fully saturated rings. The minimum absolute atomic E-state index is 0.106. The zero-order valence-electron chi connectivity index (χ0n) is 11.0. The molecular weight excluding hydrogens is 264 g/mol. The van der Waals surface area contributed by atoms with Crippen LogP contribution < -0.4 is 5.32 Å².